The number of hydrogen-bond donors (Lipinski definition) is 0. The fourth-order valence-corrected chi connectivity index (χ4v) is 3.04. The van der Waals surface area contributed by atoms with Gasteiger partial charge in [0.25, 0.3) is 0 Å². The van der Waals surface area contributed by atoms with Crippen LogP contribution >= 0.6 is 11.8 Å². The minimum Gasteiger partial charge on any atom is -0.289 e. The quantitative estimate of drug-likeness (QED) is 0.420. The Morgan fingerprint density at radius 2 is 2.17 bits per heavy atom. The third-order valence-corrected chi connectivity index (χ3v) is 4.11. The Morgan fingerprint density at radius 1 is 1.33 bits per heavy atom. The second kappa shape index (κ2) is 6.60. The van der Waals surface area contributed by atoms with Crippen molar-refractivity contribution in [3.63, 3.8) is 0 Å². The van der Waals surface area contributed by atoms with Crippen LogP contribution in [0.15, 0.2) is 53.0 Å². The Balaban J connectivity index is 2.14. The SMILES string of the molecule is CCCCSc1ccccc1C(=O)C1=CC=CC1. The molecule has 2 rings (SSSR count). The number of benzene rings is 1. The van der Waals surface area contributed by atoms with Crippen molar-refractivity contribution in [1.29, 1.82) is 0 Å². The summed E-state index contributed by atoms with van der Waals surface area (Å²) in [6.07, 6.45) is 9.07. The largest absolute Gasteiger partial charge is 0.289 e. The molecule has 0 saturated heterocycles. The van der Waals surface area contributed by atoms with Crippen LogP contribution in [-0.4, -0.2) is 11.5 Å². The third-order valence-electron chi connectivity index (χ3n) is 2.95. The maximum atomic E-state index is 12.4. The molecule has 0 fully saturated rings. The van der Waals surface area contributed by atoms with E-state index in [9.17, 15) is 4.79 Å². The molecular formula is C16H18OS. The van der Waals surface area contributed by atoms with Crippen LogP contribution in [0.25, 0.3) is 0 Å². The Hall–Kier alpha value is -1.28. The van der Waals surface area contributed by atoms with Gasteiger partial charge in [-0.1, -0.05) is 43.7 Å². The van der Waals surface area contributed by atoms with E-state index in [-0.39, 0.29) is 5.78 Å². The van der Waals surface area contributed by atoms with Gasteiger partial charge in [-0.15, -0.1) is 11.8 Å². The molecule has 0 radical (unpaired) electrons. The molecule has 0 unspecified atom stereocenters. The van der Waals surface area contributed by atoms with Crippen LogP contribution in [0.4, 0.5) is 0 Å². The molecule has 0 amide bonds. The number of carbonyl (C=O) groups excluding carboxylic acids is 1. The molecule has 1 aliphatic rings. The van der Waals surface area contributed by atoms with Gasteiger partial charge in [-0.25, -0.2) is 0 Å². The molecule has 0 bridgehead atoms. The third kappa shape index (κ3) is 3.14. The summed E-state index contributed by atoms with van der Waals surface area (Å²) in [4.78, 5) is 13.5. The van der Waals surface area contributed by atoms with E-state index in [1.807, 2.05) is 36.4 Å². The van der Waals surface area contributed by atoms with Gasteiger partial charge in [0.1, 0.15) is 0 Å². The Kier molecular flexibility index (Phi) is 4.82. The molecule has 1 aromatic rings. The van der Waals surface area contributed by atoms with Gasteiger partial charge in [-0.3, -0.25) is 4.79 Å². The van der Waals surface area contributed by atoms with Gasteiger partial charge in [0.05, 0.1) is 0 Å². The molecular weight excluding hydrogens is 240 g/mol. The Bertz CT molecular complexity index is 486. The van der Waals surface area contributed by atoms with Gasteiger partial charge in [0, 0.05) is 16.0 Å². The van der Waals surface area contributed by atoms with Gasteiger partial charge in [-0.05, 0) is 30.7 Å². The number of unbranched alkanes of at least 4 members (excludes halogenated alkanes) is 1. The van der Waals surface area contributed by atoms with E-state index in [0.29, 0.717) is 0 Å². The highest BCUT2D eigenvalue weighted by Gasteiger charge is 2.16. The highest BCUT2D eigenvalue weighted by atomic mass is 32.2. The summed E-state index contributed by atoms with van der Waals surface area (Å²) in [7, 11) is 0. The molecule has 1 aliphatic carbocycles. The van der Waals surface area contributed by atoms with E-state index < -0.39 is 0 Å². The van der Waals surface area contributed by atoms with Crippen molar-refractivity contribution in [1.82, 2.24) is 0 Å². The number of hydrogen-bond acceptors (Lipinski definition) is 2. The van der Waals surface area contributed by atoms with Crippen molar-refractivity contribution in [2.75, 3.05) is 5.75 Å². The number of rotatable bonds is 6. The van der Waals surface area contributed by atoms with Gasteiger partial charge >= 0.3 is 0 Å². The summed E-state index contributed by atoms with van der Waals surface area (Å²) in [5.74, 6) is 1.26. The zero-order valence-electron chi connectivity index (χ0n) is 10.7. The molecule has 1 aromatic carbocycles. The fraction of sp³-hybridized carbons (Fsp3) is 0.312. The van der Waals surface area contributed by atoms with E-state index in [1.54, 1.807) is 11.8 Å². The van der Waals surface area contributed by atoms with E-state index >= 15 is 0 Å². The fourth-order valence-electron chi connectivity index (χ4n) is 1.90. The number of thioether (sulfide) groups is 1. The van der Waals surface area contributed by atoms with Crippen molar-refractivity contribution in [2.24, 2.45) is 0 Å². The first-order valence-electron chi connectivity index (χ1n) is 6.45. The number of ketones is 1. The first-order chi connectivity index (χ1) is 8.83. The summed E-state index contributed by atoms with van der Waals surface area (Å²) in [6.45, 7) is 2.19. The lowest BCUT2D eigenvalue weighted by Crippen LogP contribution is -2.03. The number of allylic oxidation sites excluding steroid dienone is 4. The van der Waals surface area contributed by atoms with Crippen LogP contribution in [0.5, 0.6) is 0 Å². The summed E-state index contributed by atoms with van der Waals surface area (Å²) in [5.41, 5.74) is 1.76. The Morgan fingerprint density at radius 3 is 2.89 bits per heavy atom. The highest BCUT2D eigenvalue weighted by Crippen LogP contribution is 2.27. The lowest BCUT2D eigenvalue weighted by Gasteiger charge is -2.08. The smallest absolute Gasteiger partial charge is 0.190 e. The molecule has 0 heterocycles. The van der Waals surface area contributed by atoms with Crippen LogP contribution < -0.4 is 0 Å². The second-order valence-electron chi connectivity index (χ2n) is 4.35. The van der Waals surface area contributed by atoms with E-state index in [4.69, 9.17) is 0 Å². The summed E-state index contributed by atoms with van der Waals surface area (Å²) in [5, 5.41) is 0. The topological polar surface area (TPSA) is 17.1 Å². The van der Waals surface area contributed by atoms with Gasteiger partial charge < -0.3 is 0 Å². The minimum absolute atomic E-state index is 0.180. The average molecular weight is 258 g/mol. The van der Waals surface area contributed by atoms with Gasteiger partial charge in [0.2, 0.25) is 0 Å². The van der Waals surface area contributed by atoms with Crippen LogP contribution in [0.2, 0.25) is 0 Å². The predicted octanol–water partition coefficient (Wildman–Crippen LogP) is 4.65. The molecule has 1 nitrogen and oxygen atoms in total. The molecule has 0 spiro atoms. The van der Waals surface area contributed by atoms with Crippen LogP contribution in [-0.2, 0) is 0 Å². The predicted molar refractivity (Wildman–Crippen MR) is 78.2 cm³/mol. The summed E-state index contributed by atoms with van der Waals surface area (Å²) >= 11 is 1.79. The maximum absolute atomic E-state index is 12.4. The molecule has 0 saturated carbocycles. The van der Waals surface area contributed by atoms with E-state index in [2.05, 4.69) is 13.0 Å². The second-order valence-corrected chi connectivity index (χ2v) is 5.49. The molecule has 0 aromatic heterocycles. The van der Waals surface area contributed by atoms with E-state index in [0.717, 1.165) is 28.2 Å². The van der Waals surface area contributed by atoms with Gasteiger partial charge in [-0.2, -0.15) is 0 Å². The molecule has 18 heavy (non-hydrogen) atoms. The standard InChI is InChI=1S/C16H18OS/c1-2-3-12-18-15-11-7-6-10-14(15)16(17)13-8-4-5-9-13/h4-8,10-11H,2-3,9,12H2,1H3. The van der Waals surface area contributed by atoms with E-state index in [1.165, 1.54) is 12.8 Å². The summed E-state index contributed by atoms with van der Waals surface area (Å²) < 4.78 is 0. The van der Waals surface area contributed by atoms with Crippen molar-refractivity contribution in [3.8, 4) is 0 Å². The van der Waals surface area contributed by atoms with Gasteiger partial charge in [0.15, 0.2) is 5.78 Å². The first-order valence-corrected chi connectivity index (χ1v) is 7.43. The minimum atomic E-state index is 0.180. The molecule has 94 valence electrons. The molecule has 0 aliphatic heterocycles. The van der Waals surface area contributed by atoms with Crippen LogP contribution in [0.3, 0.4) is 0 Å². The van der Waals surface area contributed by atoms with Crippen molar-refractivity contribution < 1.29 is 4.79 Å². The average Bonchev–Trinajstić information content (AvgIpc) is 2.93. The molecule has 0 atom stereocenters. The Labute approximate surface area is 113 Å². The van der Waals surface area contributed by atoms with Crippen molar-refractivity contribution in [3.05, 3.63) is 53.6 Å². The maximum Gasteiger partial charge on any atom is 0.190 e. The summed E-state index contributed by atoms with van der Waals surface area (Å²) in [6, 6.07) is 7.94. The zero-order valence-corrected chi connectivity index (χ0v) is 11.5. The van der Waals surface area contributed by atoms with Crippen LogP contribution in [0, 0.1) is 0 Å². The lowest BCUT2D eigenvalue weighted by atomic mass is 10.0. The number of carbonyl (C=O) groups is 1. The molecule has 2 heteroatoms. The van der Waals surface area contributed by atoms with Crippen molar-refractivity contribution >= 4 is 17.5 Å². The highest BCUT2D eigenvalue weighted by molar-refractivity contribution is 7.99. The van der Waals surface area contributed by atoms with Crippen LogP contribution in [0.1, 0.15) is 36.5 Å². The lowest BCUT2D eigenvalue weighted by molar-refractivity contribution is 0.103. The first kappa shape index (κ1) is 13.2. The monoisotopic (exact) mass is 258 g/mol. The zero-order chi connectivity index (χ0) is 12.8. The molecule has 0 N–H and O–H groups in total. The normalized spacial score (nSPS) is 13.7. The van der Waals surface area contributed by atoms with Crippen molar-refractivity contribution in [2.45, 2.75) is 31.1 Å². The number of Topliss-reactive ketones (excluding diaryl/α,β-unsaturated/α-hetero) is 1.